The summed E-state index contributed by atoms with van der Waals surface area (Å²) in [4.78, 5) is 27.0. The lowest BCUT2D eigenvalue weighted by molar-refractivity contribution is 0.0569. The largest absolute Gasteiger partial charge is 0.339 e. The molecule has 3 aromatic heterocycles. The zero-order valence-electron chi connectivity index (χ0n) is 15.5. The summed E-state index contributed by atoms with van der Waals surface area (Å²) in [5.74, 6) is 1.20. The second kappa shape index (κ2) is 7.31. The predicted octanol–water partition coefficient (Wildman–Crippen LogP) is 2.62. The number of likely N-dealkylation sites (tertiary alicyclic amines) is 1. The molecule has 8 nitrogen and oxygen atoms in total. The van der Waals surface area contributed by atoms with Gasteiger partial charge in [0.1, 0.15) is 0 Å². The van der Waals surface area contributed by atoms with Gasteiger partial charge < -0.3 is 14.0 Å². The summed E-state index contributed by atoms with van der Waals surface area (Å²) in [6.45, 7) is 1.89. The second-order valence-electron chi connectivity index (χ2n) is 7.03. The summed E-state index contributed by atoms with van der Waals surface area (Å²) in [6.07, 6.45) is 8.82. The number of nitrogens with zero attached hydrogens (tertiary/aromatic N) is 6. The Labute approximate surface area is 166 Å². The van der Waals surface area contributed by atoms with Gasteiger partial charge in [0.05, 0.1) is 12.2 Å². The van der Waals surface area contributed by atoms with E-state index in [1.165, 1.54) is 0 Å². The minimum absolute atomic E-state index is 0.0179. The van der Waals surface area contributed by atoms with E-state index in [2.05, 4.69) is 20.1 Å². The number of benzene rings is 1. The van der Waals surface area contributed by atoms with Gasteiger partial charge >= 0.3 is 0 Å². The summed E-state index contributed by atoms with van der Waals surface area (Å²) in [5, 5.41) is 4.03. The molecule has 5 rings (SSSR count). The fourth-order valence-electron chi connectivity index (χ4n) is 3.35. The molecule has 0 radical (unpaired) electrons. The van der Waals surface area contributed by atoms with Crippen LogP contribution in [0.2, 0.25) is 0 Å². The van der Waals surface area contributed by atoms with Gasteiger partial charge in [-0.25, -0.2) is 4.98 Å². The molecule has 1 saturated heterocycles. The minimum Gasteiger partial charge on any atom is -0.339 e. The van der Waals surface area contributed by atoms with Crippen molar-refractivity contribution in [2.24, 2.45) is 0 Å². The van der Waals surface area contributed by atoms with E-state index in [1.54, 1.807) is 29.8 Å². The highest BCUT2D eigenvalue weighted by molar-refractivity contribution is 5.94. The molecular formula is C21H18N6O2. The van der Waals surface area contributed by atoms with Gasteiger partial charge in [-0.3, -0.25) is 9.78 Å². The Morgan fingerprint density at radius 1 is 1.03 bits per heavy atom. The number of aromatic nitrogens is 5. The van der Waals surface area contributed by atoms with Crippen molar-refractivity contribution in [1.82, 2.24) is 29.6 Å². The zero-order valence-corrected chi connectivity index (χ0v) is 15.5. The maximum Gasteiger partial charge on any atom is 0.253 e. The number of rotatable bonds is 5. The number of carbonyl (C=O) groups is 1. The topological polar surface area (TPSA) is 89.9 Å². The molecule has 0 bridgehead atoms. The Morgan fingerprint density at radius 3 is 2.55 bits per heavy atom. The molecule has 1 amide bonds. The molecule has 144 valence electrons. The lowest BCUT2D eigenvalue weighted by Gasteiger charge is -2.37. The molecule has 0 spiro atoms. The van der Waals surface area contributed by atoms with Crippen LogP contribution >= 0.6 is 0 Å². The predicted molar refractivity (Wildman–Crippen MR) is 104 cm³/mol. The van der Waals surface area contributed by atoms with E-state index in [-0.39, 0.29) is 11.8 Å². The van der Waals surface area contributed by atoms with Gasteiger partial charge in [-0.1, -0.05) is 17.3 Å². The molecule has 4 aromatic rings. The van der Waals surface area contributed by atoms with Crippen molar-refractivity contribution in [2.75, 3.05) is 13.1 Å². The summed E-state index contributed by atoms with van der Waals surface area (Å²) < 4.78 is 7.38. The Bertz CT molecular complexity index is 1100. The highest BCUT2D eigenvalue weighted by Gasteiger charge is 2.36. The van der Waals surface area contributed by atoms with Crippen LogP contribution in [0.1, 0.15) is 27.7 Å². The summed E-state index contributed by atoms with van der Waals surface area (Å²) in [5.41, 5.74) is 2.66. The maximum atomic E-state index is 12.7. The van der Waals surface area contributed by atoms with Gasteiger partial charge in [-0.15, -0.1) is 0 Å². The summed E-state index contributed by atoms with van der Waals surface area (Å²) >= 11 is 0. The Balaban J connectivity index is 1.20. The van der Waals surface area contributed by atoms with Crippen LogP contribution in [0, 0.1) is 0 Å². The van der Waals surface area contributed by atoms with Crippen LogP contribution in [0.25, 0.3) is 11.4 Å². The van der Waals surface area contributed by atoms with E-state index in [0.29, 0.717) is 30.4 Å². The number of hydrogen-bond acceptors (Lipinski definition) is 6. The molecule has 0 aliphatic carbocycles. The molecule has 1 aromatic carbocycles. The molecule has 0 atom stereocenters. The van der Waals surface area contributed by atoms with E-state index in [0.717, 1.165) is 17.7 Å². The average Bonchev–Trinajstić information content (AvgIpc) is 3.40. The van der Waals surface area contributed by atoms with Crippen LogP contribution in [-0.4, -0.2) is 48.6 Å². The maximum absolute atomic E-state index is 12.7. The molecule has 0 unspecified atom stereocenters. The standard InChI is InChI=1S/C21H18N6O2/c28-21(17-3-1-15(2-4-17)11-26-10-9-23-14-26)27-12-18(13-27)20-24-19(25-29-20)16-5-7-22-8-6-16/h1-10,14,18H,11-13H2. The molecule has 0 N–H and O–H groups in total. The first-order valence-corrected chi connectivity index (χ1v) is 9.34. The van der Waals surface area contributed by atoms with Crippen molar-refractivity contribution in [3.8, 4) is 11.4 Å². The van der Waals surface area contributed by atoms with Gasteiger partial charge in [0.2, 0.25) is 11.7 Å². The fourth-order valence-corrected chi connectivity index (χ4v) is 3.35. The first-order valence-electron chi connectivity index (χ1n) is 9.34. The van der Waals surface area contributed by atoms with E-state index in [4.69, 9.17) is 4.52 Å². The molecule has 4 heterocycles. The molecule has 29 heavy (non-hydrogen) atoms. The van der Waals surface area contributed by atoms with Gasteiger partial charge in [0, 0.05) is 55.5 Å². The molecule has 1 aliphatic rings. The quantitative estimate of drug-likeness (QED) is 0.524. The second-order valence-corrected chi connectivity index (χ2v) is 7.03. The highest BCUT2D eigenvalue weighted by atomic mass is 16.5. The lowest BCUT2D eigenvalue weighted by Crippen LogP contribution is -2.48. The smallest absolute Gasteiger partial charge is 0.253 e. The molecule has 1 fully saturated rings. The van der Waals surface area contributed by atoms with Crippen molar-refractivity contribution in [3.63, 3.8) is 0 Å². The van der Waals surface area contributed by atoms with Crippen molar-refractivity contribution in [3.05, 3.63) is 84.5 Å². The SMILES string of the molecule is O=C(c1ccc(Cn2ccnc2)cc1)N1CC(c2nc(-c3ccncc3)no2)C1. The van der Waals surface area contributed by atoms with Crippen molar-refractivity contribution in [2.45, 2.75) is 12.5 Å². The van der Waals surface area contributed by atoms with Crippen LogP contribution in [0.5, 0.6) is 0 Å². The van der Waals surface area contributed by atoms with Crippen molar-refractivity contribution in [1.29, 1.82) is 0 Å². The Hall–Kier alpha value is -3.81. The number of pyridine rings is 1. The highest BCUT2D eigenvalue weighted by Crippen LogP contribution is 2.28. The van der Waals surface area contributed by atoms with E-state index >= 15 is 0 Å². The van der Waals surface area contributed by atoms with Crippen LogP contribution < -0.4 is 0 Å². The van der Waals surface area contributed by atoms with Crippen LogP contribution in [0.15, 0.2) is 72.0 Å². The van der Waals surface area contributed by atoms with Crippen LogP contribution in [0.4, 0.5) is 0 Å². The third kappa shape index (κ3) is 3.52. The summed E-state index contributed by atoms with van der Waals surface area (Å²) in [6, 6.07) is 11.4. The first-order chi connectivity index (χ1) is 14.3. The average molecular weight is 386 g/mol. The van der Waals surface area contributed by atoms with Crippen molar-refractivity contribution < 1.29 is 9.32 Å². The zero-order chi connectivity index (χ0) is 19.6. The van der Waals surface area contributed by atoms with E-state index < -0.39 is 0 Å². The normalized spacial score (nSPS) is 14.0. The van der Waals surface area contributed by atoms with Gasteiger partial charge in [0.15, 0.2) is 0 Å². The lowest BCUT2D eigenvalue weighted by atomic mass is 9.98. The van der Waals surface area contributed by atoms with Crippen LogP contribution in [-0.2, 0) is 6.54 Å². The molecule has 0 saturated carbocycles. The van der Waals surface area contributed by atoms with E-state index in [9.17, 15) is 4.79 Å². The number of hydrogen-bond donors (Lipinski definition) is 0. The first kappa shape index (κ1) is 17.3. The molecule has 1 aliphatic heterocycles. The van der Waals surface area contributed by atoms with Crippen molar-refractivity contribution >= 4 is 5.91 Å². The molecular weight excluding hydrogens is 368 g/mol. The van der Waals surface area contributed by atoms with Gasteiger partial charge in [-0.2, -0.15) is 4.98 Å². The summed E-state index contributed by atoms with van der Waals surface area (Å²) in [7, 11) is 0. The van der Waals surface area contributed by atoms with Gasteiger partial charge in [-0.05, 0) is 29.8 Å². The monoisotopic (exact) mass is 386 g/mol. The minimum atomic E-state index is 0.0179. The van der Waals surface area contributed by atoms with Gasteiger partial charge in [0.25, 0.3) is 5.91 Å². The number of carbonyl (C=O) groups excluding carboxylic acids is 1. The van der Waals surface area contributed by atoms with Crippen LogP contribution in [0.3, 0.4) is 0 Å². The Morgan fingerprint density at radius 2 is 1.83 bits per heavy atom. The number of amides is 1. The Kier molecular flexibility index (Phi) is 4.36. The molecule has 8 heteroatoms. The fraction of sp³-hybridized carbons (Fsp3) is 0.190. The van der Waals surface area contributed by atoms with E-state index in [1.807, 2.05) is 47.2 Å². The third-order valence-corrected chi connectivity index (χ3v) is 5.02. The third-order valence-electron chi connectivity index (χ3n) is 5.02. The number of imidazole rings is 1.